The van der Waals surface area contributed by atoms with Gasteiger partial charge in [-0.25, -0.2) is 4.39 Å². The van der Waals surface area contributed by atoms with Crippen LogP contribution < -0.4 is 9.47 Å². The quantitative estimate of drug-likeness (QED) is 0.296. The summed E-state index contributed by atoms with van der Waals surface area (Å²) in [5, 5.41) is 18.7. The summed E-state index contributed by atoms with van der Waals surface area (Å²) in [5.41, 5.74) is 5.66. The lowest BCUT2D eigenvalue weighted by Gasteiger charge is -2.17. The predicted molar refractivity (Wildman–Crippen MR) is 135 cm³/mol. The standard InChI is InChI=1S/C27H25FNO7P/c1-16(2)26-20(10-11-37(33,34)14-19(30)12-25(31)32)22(17-6-8-18(28)9-7-17)13-23(29-26)21-4-3-5-24-27(21)36-15-35-24/h3-9,13,16,19,30H,12,14-15H2,1-2H3,(H,31,32)(H,33,34). The Morgan fingerprint density at radius 1 is 1.16 bits per heavy atom. The molecule has 0 fully saturated rings. The molecule has 10 heteroatoms. The normalized spacial score (nSPS) is 14.5. The van der Waals surface area contributed by atoms with Crippen LogP contribution in [0, 0.1) is 17.4 Å². The maximum absolute atomic E-state index is 13.7. The molecule has 3 N–H and O–H groups in total. The van der Waals surface area contributed by atoms with E-state index >= 15 is 0 Å². The molecule has 4 rings (SSSR count). The van der Waals surface area contributed by atoms with Crippen LogP contribution in [0.3, 0.4) is 0 Å². The smallest absolute Gasteiger partial charge is 0.305 e. The van der Waals surface area contributed by atoms with Crippen LogP contribution in [0.15, 0.2) is 48.5 Å². The van der Waals surface area contributed by atoms with Gasteiger partial charge in [-0.2, -0.15) is 0 Å². The summed E-state index contributed by atoms with van der Waals surface area (Å²) >= 11 is 0. The maximum Gasteiger partial charge on any atom is 0.305 e. The van der Waals surface area contributed by atoms with Crippen LogP contribution in [0.1, 0.15) is 37.4 Å². The van der Waals surface area contributed by atoms with Gasteiger partial charge in [0.25, 0.3) is 7.37 Å². The highest BCUT2D eigenvalue weighted by molar-refractivity contribution is 7.63. The lowest BCUT2D eigenvalue weighted by Crippen LogP contribution is -2.17. The van der Waals surface area contributed by atoms with Gasteiger partial charge in [0.15, 0.2) is 11.5 Å². The number of aliphatic carboxylic acids is 1. The lowest BCUT2D eigenvalue weighted by atomic mass is 9.92. The minimum Gasteiger partial charge on any atom is -0.481 e. The summed E-state index contributed by atoms with van der Waals surface area (Å²) in [5.74, 6) is 2.03. The number of aliphatic hydroxyl groups excluding tert-OH is 1. The summed E-state index contributed by atoms with van der Waals surface area (Å²) in [7, 11) is -4.22. The highest BCUT2D eigenvalue weighted by Crippen LogP contribution is 2.44. The van der Waals surface area contributed by atoms with Gasteiger partial charge >= 0.3 is 5.97 Å². The average molecular weight is 525 g/mol. The molecule has 0 radical (unpaired) electrons. The zero-order valence-electron chi connectivity index (χ0n) is 20.1. The first-order valence-electron chi connectivity index (χ1n) is 11.5. The molecule has 0 bridgehead atoms. The number of para-hydroxylation sites is 1. The fraction of sp³-hybridized carbons (Fsp3) is 0.259. The largest absolute Gasteiger partial charge is 0.481 e. The fourth-order valence-electron chi connectivity index (χ4n) is 3.98. The molecule has 1 aliphatic rings. The van der Waals surface area contributed by atoms with Crippen LogP contribution in [0.5, 0.6) is 11.5 Å². The number of halogens is 1. The molecule has 2 atom stereocenters. The molecule has 0 spiro atoms. The van der Waals surface area contributed by atoms with E-state index in [-0.39, 0.29) is 12.7 Å². The van der Waals surface area contributed by atoms with Gasteiger partial charge in [-0.1, -0.05) is 38.0 Å². The number of carbonyl (C=O) groups is 1. The van der Waals surface area contributed by atoms with Crippen LogP contribution in [0.4, 0.5) is 4.39 Å². The first-order chi connectivity index (χ1) is 17.5. The molecule has 1 aromatic heterocycles. The number of benzene rings is 2. The maximum atomic E-state index is 13.7. The molecule has 0 amide bonds. The van der Waals surface area contributed by atoms with E-state index in [1.807, 2.05) is 26.0 Å². The first-order valence-corrected chi connectivity index (χ1v) is 13.3. The van der Waals surface area contributed by atoms with Crippen molar-refractivity contribution < 1.29 is 38.3 Å². The Kier molecular flexibility index (Phi) is 7.65. The number of hydrogen-bond donors (Lipinski definition) is 3. The van der Waals surface area contributed by atoms with Gasteiger partial charge in [-0.05, 0) is 47.5 Å². The number of carboxylic acids is 1. The number of aliphatic hydroxyl groups is 1. The first kappa shape index (κ1) is 26.4. The van der Waals surface area contributed by atoms with Gasteiger partial charge in [0.05, 0.1) is 35.6 Å². The van der Waals surface area contributed by atoms with Crippen LogP contribution in [-0.2, 0) is 9.36 Å². The average Bonchev–Trinajstić information content (AvgIpc) is 3.31. The monoisotopic (exact) mass is 525 g/mol. The van der Waals surface area contributed by atoms with Gasteiger partial charge in [0.1, 0.15) is 5.82 Å². The molecule has 3 aromatic rings. The topological polar surface area (TPSA) is 126 Å². The molecule has 37 heavy (non-hydrogen) atoms. The zero-order valence-corrected chi connectivity index (χ0v) is 21.0. The highest BCUT2D eigenvalue weighted by Gasteiger charge is 2.25. The molecule has 0 saturated carbocycles. The number of pyridine rings is 1. The van der Waals surface area contributed by atoms with Crippen molar-refractivity contribution in [2.24, 2.45) is 0 Å². The van der Waals surface area contributed by atoms with Crippen molar-refractivity contribution >= 4 is 13.3 Å². The number of carboxylic acid groups (broad SMARTS) is 1. The van der Waals surface area contributed by atoms with Gasteiger partial charge in [0, 0.05) is 11.1 Å². The minimum absolute atomic E-state index is 0.0806. The molecule has 8 nitrogen and oxygen atoms in total. The van der Waals surface area contributed by atoms with Crippen LogP contribution in [-0.4, -0.2) is 45.1 Å². The predicted octanol–water partition coefficient (Wildman–Crippen LogP) is 4.82. The third kappa shape index (κ3) is 6.17. The molecule has 0 saturated heterocycles. The Balaban J connectivity index is 1.88. The Labute approximate surface area is 213 Å². The van der Waals surface area contributed by atoms with Crippen LogP contribution >= 0.6 is 7.37 Å². The second kappa shape index (κ2) is 10.7. The molecule has 0 aliphatic carbocycles. The van der Waals surface area contributed by atoms with Crippen molar-refractivity contribution in [2.75, 3.05) is 13.0 Å². The van der Waals surface area contributed by atoms with Crippen molar-refractivity contribution in [3.05, 3.63) is 65.6 Å². The fourth-order valence-corrected chi connectivity index (χ4v) is 5.06. The summed E-state index contributed by atoms with van der Waals surface area (Å²) in [6.45, 7) is 3.88. The summed E-state index contributed by atoms with van der Waals surface area (Å²) in [6, 6.07) is 13.0. The molecule has 1 aliphatic heterocycles. The van der Waals surface area contributed by atoms with E-state index in [0.717, 1.165) is 0 Å². The minimum atomic E-state index is -4.22. The molecule has 2 unspecified atom stereocenters. The number of hydrogen-bond acceptors (Lipinski definition) is 6. The van der Waals surface area contributed by atoms with Gasteiger partial charge in [0.2, 0.25) is 6.79 Å². The Morgan fingerprint density at radius 2 is 1.89 bits per heavy atom. The number of rotatable bonds is 7. The summed E-state index contributed by atoms with van der Waals surface area (Å²) in [6.07, 6.45) is -2.88. The molecule has 192 valence electrons. The van der Waals surface area contributed by atoms with Gasteiger partial charge in [-0.15, -0.1) is 0 Å². The summed E-state index contributed by atoms with van der Waals surface area (Å²) < 4.78 is 37.6. The molecule has 2 heterocycles. The Morgan fingerprint density at radius 3 is 2.57 bits per heavy atom. The number of nitrogens with zero attached hydrogens (tertiary/aromatic N) is 1. The van der Waals surface area contributed by atoms with E-state index in [1.165, 1.54) is 12.1 Å². The van der Waals surface area contributed by atoms with Crippen molar-refractivity contribution in [3.8, 4) is 45.5 Å². The van der Waals surface area contributed by atoms with E-state index in [9.17, 15) is 23.7 Å². The summed E-state index contributed by atoms with van der Waals surface area (Å²) in [4.78, 5) is 26.0. The highest BCUT2D eigenvalue weighted by atomic mass is 31.2. The molecular weight excluding hydrogens is 500 g/mol. The van der Waals surface area contributed by atoms with E-state index in [1.54, 1.807) is 24.3 Å². The number of aromatic nitrogens is 1. The third-order valence-corrected chi connectivity index (χ3v) is 7.02. The second-order valence-electron chi connectivity index (χ2n) is 8.89. The Hall–Kier alpha value is -3.70. The lowest BCUT2D eigenvalue weighted by molar-refractivity contribution is -0.138. The van der Waals surface area contributed by atoms with E-state index in [4.69, 9.17) is 19.6 Å². The van der Waals surface area contributed by atoms with Crippen molar-refractivity contribution in [3.63, 3.8) is 0 Å². The van der Waals surface area contributed by atoms with Crippen LogP contribution in [0.25, 0.3) is 22.4 Å². The van der Waals surface area contributed by atoms with Crippen molar-refractivity contribution in [2.45, 2.75) is 32.3 Å². The second-order valence-corrected chi connectivity index (χ2v) is 10.9. The number of fused-ring (bicyclic) bond motifs is 1. The van der Waals surface area contributed by atoms with E-state index in [0.29, 0.717) is 45.1 Å². The SMILES string of the molecule is CC(C)c1nc(-c2cccc3c2OCO3)cc(-c2ccc(F)cc2)c1C#CP(=O)(O)CC(O)CC(=O)O. The van der Waals surface area contributed by atoms with E-state index < -0.39 is 37.8 Å². The molecular formula is C27H25FNO7P. The van der Waals surface area contributed by atoms with Crippen molar-refractivity contribution in [1.82, 2.24) is 4.98 Å². The van der Waals surface area contributed by atoms with Gasteiger partial charge < -0.3 is 24.6 Å². The van der Waals surface area contributed by atoms with Crippen LogP contribution in [0.2, 0.25) is 0 Å². The van der Waals surface area contributed by atoms with Gasteiger partial charge in [-0.3, -0.25) is 14.3 Å². The zero-order chi connectivity index (χ0) is 26.7. The number of ether oxygens (including phenoxy) is 2. The van der Waals surface area contributed by atoms with E-state index in [2.05, 4.69) is 11.6 Å². The third-order valence-electron chi connectivity index (χ3n) is 5.65. The Bertz CT molecular complexity index is 1440. The molecule has 2 aromatic carbocycles. The van der Waals surface area contributed by atoms with Crippen molar-refractivity contribution in [1.29, 1.82) is 0 Å².